The van der Waals surface area contributed by atoms with E-state index in [-0.39, 0.29) is 0 Å². The van der Waals surface area contributed by atoms with Gasteiger partial charge in [-0.05, 0) is 29.3 Å². The summed E-state index contributed by atoms with van der Waals surface area (Å²) in [5, 5.41) is 0. The van der Waals surface area contributed by atoms with Gasteiger partial charge in [0.15, 0.2) is 0 Å². The van der Waals surface area contributed by atoms with E-state index in [4.69, 9.17) is 16.2 Å². The summed E-state index contributed by atoms with van der Waals surface area (Å²) >= 11 is 0. The van der Waals surface area contributed by atoms with Crippen molar-refractivity contribution in [3.05, 3.63) is 78.4 Å². The van der Waals surface area contributed by atoms with Gasteiger partial charge in [-0.3, -0.25) is 0 Å². The van der Waals surface area contributed by atoms with Crippen LogP contribution < -0.4 is 16.2 Å². The molecule has 0 heterocycles. The van der Waals surface area contributed by atoms with E-state index in [0.717, 1.165) is 22.4 Å². The Kier molecular flexibility index (Phi) is 3.97. The molecule has 22 heavy (non-hydrogen) atoms. The lowest BCUT2D eigenvalue weighted by Gasteiger charge is -2.11. The summed E-state index contributed by atoms with van der Waals surface area (Å²) in [6, 6.07) is 23.5. The zero-order valence-corrected chi connectivity index (χ0v) is 12.2. The molecule has 0 bridgehead atoms. The number of nitrogen functional groups attached to an aromatic ring is 2. The van der Waals surface area contributed by atoms with Gasteiger partial charge in [-0.25, -0.2) is 0 Å². The largest absolute Gasteiger partial charge is 0.487 e. The van der Waals surface area contributed by atoms with E-state index in [1.165, 1.54) is 0 Å². The van der Waals surface area contributed by atoms with Crippen LogP contribution in [0.1, 0.15) is 5.56 Å². The molecule has 3 aromatic carbocycles. The predicted molar refractivity (Wildman–Crippen MR) is 91.5 cm³/mol. The molecule has 0 unspecified atom stereocenters. The Balaban J connectivity index is 1.79. The number of anilines is 2. The second-order valence-electron chi connectivity index (χ2n) is 5.11. The maximum absolute atomic E-state index is 6.11. The van der Waals surface area contributed by atoms with Crippen molar-refractivity contribution in [3.63, 3.8) is 0 Å². The fourth-order valence-electron chi connectivity index (χ4n) is 2.34. The Morgan fingerprint density at radius 3 is 2.18 bits per heavy atom. The third kappa shape index (κ3) is 3.04. The first-order valence-corrected chi connectivity index (χ1v) is 7.15. The minimum absolute atomic E-state index is 0.498. The maximum atomic E-state index is 6.11. The number of hydrogen-bond donors (Lipinski definition) is 2. The van der Waals surface area contributed by atoms with Gasteiger partial charge in [0.2, 0.25) is 0 Å². The van der Waals surface area contributed by atoms with Crippen LogP contribution in [0.25, 0.3) is 11.1 Å². The number of nitrogens with two attached hydrogens (primary N) is 2. The molecule has 3 rings (SSSR count). The molecule has 3 aromatic rings. The van der Waals surface area contributed by atoms with Crippen LogP contribution in [0.4, 0.5) is 11.4 Å². The van der Waals surface area contributed by atoms with Gasteiger partial charge in [0, 0.05) is 11.3 Å². The molecule has 0 aliphatic heterocycles. The van der Waals surface area contributed by atoms with E-state index in [1.54, 1.807) is 0 Å². The molecule has 0 atom stereocenters. The van der Waals surface area contributed by atoms with Crippen molar-refractivity contribution in [2.75, 3.05) is 11.5 Å². The van der Waals surface area contributed by atoms with E-state index in [2.05, 4.69) is 0 Å². The van der Waals surface area contributed by atoms with Crippen molar-refractivity contribution in [3.8, 4) is 16.9 Å². The average Bonchev–Trinajstić information content (AvgIpc) is 2.55. The molecule has 0 aliphatic rings. The normalized spacial score (nSPS) is 10.4. The van der Waals surface area contributed by atoms with Gasteiger partial charge in [0.25, 0.3) is 0 Å². The minimum Gasteiger partial charge on any atom is -0.487 e. The summed E-state index contributed by atoms with van der Waals surface area (Å²) < 4.78 is 5.79. The summed E-state index contributed by atoms with van der Waals surface area (Å²) in [6.07, 6.45) is 0. The van der Waals surface area contributed by atoms with Gasteiger partial charge in [-0.1, -0.05) is 54.6 Å². The highest BCUT2D eigenvalue weighted by Gasteiger charge is 2.06. The van der Waals surface area contributed by atoms with Gasteiger partial charge in [-0.2, -0.15) is 0 Å². The van der Waals surface area contributed by atoms with Crippen molar-refractivity contribution in [2.24, 2.45) is 0 Å². The van der Waals surface area contributed by atoms with E-state index >= 15 is 0 Å². The first kappa shape index (κ1) is 14.0. The van der Waals surface area contributed by atoms with E-state index in [1.807, 2.05) is 72.8 Å². The van der Waals surface area contributed by atoms with Crippen LogP contribution in [0.3, 0.4) is 0 Å². The number of para-hydroxylation sites is 1. The molecule has 0 saturated carbocycles. The summed E-state index contributed by atoms with van der Waals surface area (Å²) in [7, 11) is 0. The zero-order chi connectivity index (χ0) is 15.4. The van der Waals surface area contributed by atoms with Crippen LogP contribution in [-0.2, 0) is 6.61 Å². The van der Waals surface area contributed by atoms with Crippen LogP contribution in [0.2, 0.25) is 0 Å². The lowest BCUT2D eigenvalue weighted by molar-refractivity contribution is 0.308. The zero-order valence-electron chi connectivity index (χ0n) is 12.2. The number of rotatable bonds is 4. The second-order valence-corrected chi connectivity index (χ2v) is 5.11. The maximum Gasteiger partial charge on any atom is 0.142 e. The van der Waals surface area contributed by atoms with E-state index in [0.29, 0.717) is 18.0 Å². The standard InChI is InChI=1S/C19H18N2O/c20-17-9-5-4-8-16(17)15-10-11-19(18(21)12-15)22-13-14-6-2-1-3-7-14/h1-12H,13,20-21H2. The van der Waals surface area contributed by atoms with Crippen molar-refractivity contribution in [2.45, 2.75) is 6.61 Å². The number of ether oxygens (including phenoxy) is 1. The van der Waals surface area contributed by atoms with E-state index in [9.17, 15) is 0 Å². The Bertz CT molecular complexity index is 769. The predicted octanol–water partition coefficient (Wildman–Crippen LogP) is 4.10. The Morgan fingerprint density at radius 1 is 0.727 bits per heavy atom. The van der Waals surface area contributed by atoms with Crippen LogP contribution in [-0.4, -0.2) is 0 Å². The smallest absolute Gasteiger partial charge is 0.142 e. The molecule has 3 heteroatoms. The molecular weight excluding hydrogens is 272 g/mol. The Hall–Kier alpha value is -2.94. The lowest BCUT2D eigenvalue weighted by atomic mass is 10.0. The molecule has 0 spiro atoms. The molecule has 0 aromatic heterocycles. The molecule has 0 radical (unpaired) electrons. The summed E-state index contributed by atoms with van der Waals surface area (Å²) in [5.41, 5.74) is 16.5. The van der Waals surface area contributed by atoms with Crippen LogP contribution in [0.15, 0.2) is 72.8 Å². The van der Waals surface area contributed by atoms with Crippen LogP contribution in [0, 0.1) is 0 Å². The number of benzene rings is 3. The van der Waals surface area contributed by atoms with Crippen LogP contribution >= 0.6 is 0 Å². The van der Waals surface area contributed by atoms with Crippen molar-refractivity contribution in [1.29, 1.82) is 0 Å². The molecular formula is C19H18N2O. The first-order chi connectivity index (χ1) is 10.7. The van der Waals surface area contributed by atoms with Crippen molar-refractivity contribution < 1.29 is 4.74 Å². The summed E-state index contributed by atoms with van der Waals surface area (Å²) in [4.78, 5) is 0. The highest BCUT2D eigenvalue weighted by atomic mass is 16.5. The SMILES string of the molecule is Nc1cc(-c2ccccc2N)ccc1OCc1ccccc1. The minimum atomic E-state index is 0.498. The molecule has 0 saturated heterocycles. The monoisotopic (exact) mass is 290 g/mol. The molecule has 4 N–H and O–H groups in total. The van der Waals surface area contributed by atoms with Gasteiger partial charge in [-0.15, -0.1) is 0 Å². The fraction of sp³-hybridized carbons (Fsp3) is 0.0526. The number of hydrogen-bond acceptors (Lipinski definition) is 3. The first-order valence-electron chi connectivity index (χ1n) is 7.15. The molecule has 0 amide bonds. The molecule has 0 fully saturated rings. The van der Waals surface area contributed by atoms with Crippen molar-refractivity contribution in [1.82, 2.24) is 0 Å². The highest BCUT2D eigenvalue weighted by Crippen LogP contribution is 2.31. The topological polar surface area (TPSA) is 61.3 Å². The molecule has 3 nitrogen and oxygen atoms in total. The average molecular weight is 290 g/mol. The summed E-state index contributed by atoms with van der Waals surface area (Å²) in [6.45, 7) is 0.498. The van der Waals surface area contributed by atoms with E-state index < -0.39 is 0 Å². The van der Waals surface area contributed by atoms with Crippen molar-refractivity contribution >= 4 is 11.4 Å². The quantitative estimate of drug-likeness (QED) is 0.711. The highest BCUT2D eigenvalue weighted by molar-refractivity contribution is 5.79. The lowest BCUT2D eigenvalue weighted by Crippen LogP contribution is -1.99. The summed E-state index contributed by atoms with van der Waals surface area (Å²) in [5.74, 6) is 0.683. The van der Waals surface area contributed by atoms with Gasteiger partial charge >= 0.3 is 0 Å². The van der Waals surface area contributed by atoms with Crippen LogP contribution in [0.5, 0.6) is 5.75 Å². The van der Waals surface area contributed by atoms with Gasteiger partial charge < -0.3 is 16.2 Å². The molecule has 0 aliphatic carbocycles. The second kappa shape index (κ2) is 6.22. The third-order valence-corrected chi connectivity index (χ3v) is 3.52. The Morgan fingerprint density at radius 2 is 1.45 bits per heavy atom. The third-order valence-electron chi connectivity index (χ3n) is 3.52. The van der Waals surface area contributed by atoms with Gasteiger partial charge in [0.1, 0.15) is 12.4 Å². The fourth-order valence-corrected chi connectivity index (χ4v) is 2.34. The Labute approximate surface area is 130 Å². The van der Waals surface area contributed by atoms with Gasteiger partial charge in [0.05, 0.1) is 5.69 Å². The molecule has 110 valence electrons.